The van der Waals surface area contributed by atoms with Crippen molar-refractivity contribution in [1.82, 2.24) is 10.2 Å². The van der Waals surface area contributed by atoms with Crippen molar-refractivity contribution in [1.29, 1.82) is 0 Å². The predicted octanol–water partition coefficient (Wildman–Crippen LogP) is 0.276. The van der Waals surface area contributed by atoms with Gasteiger partial charge in [0.15, 0.2) is 11.5 Å². The van der Waals surface area contributed by atoms with Crippen molar-refractivity contribution in [3.8, 4) is 11.5 Å². The van der Waals surface area contributed by atoms with Crippen LogP contribution in [0.5, 0.6) is 11.5 Å². The van der Waals surface area contributed by atoms with Crippen molar-refractivity contribution in [2.45, 2.75) is 0 Å². The van der Waals surface area contributed by atoms with Gasteiger partial charge >= 0.3 is 0 Å². The van der Waals surface area contributed by atoms with E-state index in [1.165, 1.54) is 19.1 Å². The molecule has 1 heterocycles. The van der Waals surface area contributed by atoms with Gasteiger partial charge in [-0.3, -0.25) is 9.59 Å². The van der Waals surface area contributed by atoms with Crippen LogP contribution in [0, 0.1) is 0 Å². The minimum atomic E-state index is -0.231. The van der Waals surface area contributed by atoms with E-state index in [2.05, 4.69) is 5.32 Å². The molecule has 1 saturated heterocycles. The zero-order valence-electron chi connectivity index (χ0n) is 10.9. The zero-order chi connectivity index (χ0) is 13.8. The van der Waals surface area contributed by atoms with E-state index in [-0.39, 0.29) is 18.4 Å². The molecule has 2 rings (SSSR count). The number of piperazine rings is 1. The Labute approximate surface area is 111 Å². The van der Waals surface area contributed by atoms with Crippen molar-refractivity contribution in [2.24, 2.45) is 0 Å². The lowest BCUT2D eigenvalue weighted by molar-refractivity contribution is -0.123. The van der Waals surface area contributed by atoms with E-state index in [0.29, 0.717) is 30.2 Å². The second-order valence-electron chi connectivity index (χ2n) is 4.12. The van der Waals surface area contributed by atoms with E-state index >= 15 is 0 Å². The monoisotopic (exact) mass is 264 g/mol. The second-order valence-corrected chi connectivity index (χ2v) is 4.12. The first-order valence-corrected chi connectivity index (χ1v) is 5.94. The molecule has 1 aromatic carbocycles. The number of benzene rings is 1. The normalized spacial score (nSPS) is 14.8. The summed E-state index contributed by atoms with van der Waals surface area (Å²) in [5.41, 5.74) is 0.400. The standard InChI is InChI=1S/C13H16N2O4/c1-18-10-5-3-4-9(12(10)19-2)13(17)15-7-6-14-11(16)8-15/h3-5H,6-8H2,1-2H3,(H,14,16). The summed E-state index contributed by atoms with van der Waals surface area (Å²) in [6.07, 6.45) is 0. The molecule has 6 heteroatoms. The van der Waals surface area contributed by atoms with Gasteiger partial charge in [-0.1, -0.05) is 6.07 Å². The Bertz CT molecular complexity index is 501. The number of nitrogens with one attached hydrogen (secondary N) is 1. The summed E-state index contributed by atoms with van der Waals surface area (Å²) >= 11 is 0. The molecule has 0 atom stereocenters. The molecule has 1 aliphatic rings. The van der Waals surface area contributed by atoms with Crippen molar-refractivity contribution in [3.63, 3.8) is 0 Å². The van der Waals surface area contributed by atoms with Gasteiger partial charge in [-0.05, 0) is 12.1 Å². The number of rotatable bonds is 3. The van der Waals surface area contributed by atoms with Gasteiger partial charge in [0.2, 0.25) is 5.91 Å². The molecule has 1 fully saturated rings. The van der Waals surface area contributed by atoms with Crippen molar-refractivity contribution < 1.29 is 19.1 Å². The minimum Gasteiger partial charge on any atom is -0.493 e. The smallest absolute Gasteiger partial charge is 0.258 e. The number of nitrogens with zero attached hydrogens (tertiary/aromatic N) is 1. The molecule has 0 spiro atoms. The van der Waals surface area contributed by atoms with E-state index < -0.39 is 0 Å². The highest BCUT2D eigenvalue weighted by Crippen LogP contribution is 2.31. The molecule has 0 radical (unpaired) electrons. The van der Waals surface area contributed by atoms with Crippen molar-refractivity contribution >= 4 is 11.8 Å². The highest BCUT2D eigenvalue weighted by atomic mass is 16.5. The fraction of sp³-hybridized carbons (Fsp3) is 0.385. The van der Waals surface area contributed by atoms with Gasteiger partial charge in [0.25, 0.3) is 5.91 Å². The van der Waals surface area contributed by atoms with Crippen molar-refractivity contribution in [2.75, 3.05) is 33.9 Å². The van der Waals surface area contributed by atoms with Crippen LogP contribution < -0.4 is 14.8 Å². The van der Waals surface area contributed by atoms with Crippen LogP contribution >= 0.6 is 0 Å². The topological polar surface area (TPSA) is 67.9 Å². The fourth-order valence-electron chi connectivity index (χ4n) is 2.04. The highest BCUT2D eigenvalue weighted by molar-refractivity contribution is 6.00. The molecule has 19 heavy (non-hydrogen) atoms. The molecule has 1 N–H and O–H groups in total. The van der Waals surface area contributed by atoms with Gasteiger partial charge in [-0.2, -0.15) is 0 Å². The fourth-order valence-corrected chi connectivity index (χ4v) is 2.04. The first kappa shape index (κ1) is 13.2. The Morgan fingerprint density at radius 3 is 2.74 bits per heavy atom. The number of para-hydroxylation sites is 1. The maximum atomic E-state index is 12.4. The SMILES string of the molecule is COc1cccc(C(=O)N2CCNC(=O)C2)c1OC. The minimum absolute atomic E-state index is 0.0686. The maximum Gasteiger partial charge on any atom is 0.258 e. The second kappa shape index (κ2) is 5.60. The number of hydrogen-bond acceptors (Lipinski definition) is 4. The van der Waals surface area contributed by atoms with Crippen LogP contribution in [0.4, 0.5) is 0 Å². The first-order valence-electron chi connectivity index (χ1n) is 5.94. The molecule has 1 aromatic rings. The number of carbonyl (C=O) groups is 2. The summed E-state index contributed by atoms with van der Waals surface area (Å²) in [5, 5.41) is 2.68. The van der Waals surface area contributed by atoms with Crippen LogP contribution in [0.3, 0.4) is 0 Å². The summed E-state index contributed by atoms with van der Waals surface area (Å²) in [6.45, 7) is 1.03. The van der Waals surface area contributed by atoms with E-state index in [4.69, 9.17) is 9.47 Å². The summed E-state index contributed by atoms with van der Waals surface area (Å²) in [6, 6.07) is 5.10. The van der Waals surface area contributed by atoms with E-state index in [0.717, 1.165) is 0 Å². The molecule has 0 unspecified atom stereocenters. The average Bonchev–Trinajstić information content (AvgIpc) is 2.45. The third kappa shape index (κ3) is 2.62. The van der Waals surface area contributed by atoms with Crippen LogP contribution in [0.1, 0.15) is 10.4 Å². The lowest BCUT2D eigenvalue weighted by atomic mass is 10.1. The summed E-state index contributed by atoms with van der Waals surface area (Å²) in [4.78, 5) is 25.2. The molecular formula is C13H16N2O4. The van der Waals surface area contributed by atoms with Crippen LogP contribution in [0.25, 0.3) is 0 Å². The molecule has 1 aliphatic heterocycles. The molecule has 0 saturated carbocycles. The van der Waals surface area contributed by atoms with Gasteiger partial charge in [0.1, 0.15) is 0 Å². The molecule has 2 amide bonds. The molecule has 6 nitrogen and oxygen atoms in total. The number of hydrogen-bond donors (Lipinski definition) is 1. The first-order chi connectivity index (χ1) is 9.17. The third-order valence-corrected chi connectivity index (χ3v) is 2.96. The van der Waals surface area contributed by atoms with Gasteiger partial charge in [0.05, 0.1) is 26.3 Å². The zero-order valence-corrected chi connectivity index (χ0v) is 10.9. The Kier molecular flexibility index (Phi) is 3.89. The van der Waals surface area contributed by atoms with Gasteiger partial charge in [0, 0.05) is 13.1 Å². The van der Waals surface area contributed by atoms with E-state index in [1.54, 1.807) is 18.2 Å². The summed E-state index contributed by atoms with van der Waals surface area (Å²) in [5.74, 6) is 0.503. The third-order valence-electron chi connectivity index (χ3n) is 2.96. The molecule has 0 aromatic heterocycles. The number of methoxy groups -OCH3 is 2. The van der Waals surface area contributed by atoms with Crippen LogP contribution in [0.15, 0.2) is 18.2 Å². The van der Waals surface area contributed by atoms with Gasteiger partial charge in [-0.25, -0.2) is 0 Å². The Balaban J connectivity index is 2.30. The molecular weight excluding hydrogens is 248 g/mol. The lowest BCUT2D eigenvalue weighted by Gasteiger charge is -2.27. The van der Waals surface area contributed by atoms with E-state index in [1.807, 2.05) is 0 Å². The van der Waals surface area contributed by atoms with Crippen molar-refractivity contribution in [3.05, 3.63) is 23.8 Å². The highest BCUT2D eigenvalue weighted by Gasteiger charge is 2.25. The number of ether oxygens (including phenoxy) is 2. The Morgan fingerprint density at radius 1 is 1.32 bits per heavy atom. The quantitative estimate of drug-likeness (QED) is 0.851. The maximum absolute atomic E-state index is 12.4. The van der Waals surface area contributed by atoms with Gasteiger partial charge in [-0.15, -0.1) is 0 Å². The number of carbonyl (C=O) groups excluding carboxylic acids is 2. The predicted molar refractivity (Wildman–Crippen MR) is 68.5 cm³/mol. The largest absolute Gasteiger partial charge is 0.493 e. The van der Waals surface area contributed by atoms with Crippen LogP contribution in [-0.2, 0) is 4.79 Å². The molecule has 0 bridgehead atoms. The van der Waals surface area contributed by atoms with Crippen LogP contribution in [0.2, 0.25) is 0 Å². The Morgan fingerprint density at radius 2 is 2.11 bits per heavy atom. The van der Waals surface area contributed by atoms with Gasteiger partial charge < -0.3 is 19.7 Å². The Hall–Kier alpha value is -2.24. The number of amides is 2. The summed E-state index contributed by atoms with van der Waals surface area (Å²) in [7, 11) is 3.00. The van der Waals surface area contributed by atoms with Crippen LogP contribution in [-0.4, -0.2) is 50.6 Å². The molecule has 102 valence electrons. The average molecular weight is 264 g/mol. The summed E-state index contributed by atoms with van der Waals surface area (Å²) < 4.78 is 10.4. The molecule has 0 aliphatic carbocycles. The lowest BCUT2D eigenvalue weighted by Crippen LogP contribution is -2.50. The van der Waals surface area contributed by atoms with E-state index in [9.17, 15) is 9.59 Å².